The number of piperidine rings is 1. The molecule has 2 atom stereocenters. The fourth-order valence-corrected chi connectivity index (χ4v) is 2.28. The summed E-state index contributed by atoms with van der Waals surface area (Å²) in [5, 5.41) is 0. The molecule has 13 heavy (non-hydrogen) atoms. The molecule has 0 aromatic heterocycles. The molecular formula is C10H20N2O. The first-order valence-electron chi connectivity index (χ1n) is 5.42. The van der Waals surface area contributed by atoms with Crippen LogP contribution in [-0.4, -0.2) is 43.8 Å². The molecule has 3 nitrogen and oxygen atoms in total. The average Bonchev–Trinajstić information content (AvgIpc) is 2.54. The van der Waals surface area contributed by atoms with Crippen molar-refractivity contribution in [3.63, 3.8) is 0 Å². The molecule has 0 amide bonds. The van der Waals surface area contributed by atoms with Crippen LogP contribution in [0.4, 0.5) is 0 Å². The van der Waals surface area contributed by atoms with Crippen LogP contribution in [0, 0.1) is 5.92 Å². The predicted molar refractivity (Wildman–Crippen MR) is 52.6 cm³/mol. The molecule has 2 fully saturated rings. The number of likely N-dealkylation sites (tertiary alicyclic amines) is 1. The minimum atomic E-state index is 0.280. The molecule has 0 aliphatic carbocycles. The summed E-state index contributed by atoms with van der Waals surface area (Å²) in [6.45, 7) is 5.32. The SMILES string of the molecule is NC1COCC1CN1CCCCC1. The van der Waals surface area contributed by atoms with Crippen molar-refractivity contribution in [2.24, 2.45) is 11.7 Å². The van der Waals surface area contributed by atoms with Crippen molar-refractivity contribution in [3.8, 4) is 0 Å². The second-order valence-electron chi connectivity index (χ2n) is 4.32. The molecule has 2 aliphatic rings. The summed E-state index contributed by atoms with van der Waals surface area (Å²) >= 11 is 0. The third-order valence-electron chi connectivity index (χ3n) is 3.19. The quantitative estimate of drug-likeness (QED) is 0.677. The van der Waals surface area contributed by atoms with Crippen molar-refractivity contribution in [1.82, 2.24) is 4.90 Å². The minimum absolute atomic E-state index is 0.280. The van der Waals surface area contributed by atoms with Crippen molar-refractivity contribution < 1.29 is 4.74 Å². The monoisotopic (exact) mass is 184 g/mol. The number of hydrogen-bond donors (Lipinski definition) is 1. The maximum Gasteiger partial charge on any atom is 0.0621 e. The van der Waals surface area contributed by atoms with Gasteiger partial charge in [-0.15, -0.1) is 0 Å². The van der Waals surface area contributed by atoms with Crippen LogP contribution in [0.2, 0.25) is 0 Å². The first-order chi connectivity index (χ1) is 6.36. The first kappa shape index (κ1) is 9.44. The Kier molecular flexibility index (Phi) is 3.19. The van der Waals surface area contributed by atoms with Gasteiger partial charge in [0.25, 0.3) is 0 Å². The summed E-state index contributed by atoms with van der Waals surface area (Å²) < 4.78 is 5.36. The van der Waals surface area contributed by atoms with Crippen LogP contribution in [0.5, 0.6) is 0 Å². The topological polar surface area (TPSA) is 38.5 Å². The predicted octanol–water partition coefficient (Wildman–Crippen LogP) is 0.446. The second-order valence-corrected chi connectivity index (χ2v) is 4.32. The van der Waals surface area contributed by atoms with Gasteiger partial charge in [0.05, 0.1) is 13.2 Å². The maximum atomic E-state index is 5.94. The molecule has 2 saturated heterocycles. The summed E-state index contributed by atoms with van der Waals surface area (Å²) in [5.41, 5.74) is 5.94. The maximum absolute atomic E-state index is 5.94. The molecule has 0 saturated carbocycles. The number of ether oxygens (including phenoxy) is 1. The lowest BCUT2D eigenvalue weighted by Gasteiger charge is -2.29. The molecule has 0 spiro atoms. The van der Waals surface area contributed by atoms with Gasteiger partial charge in [-0.2, -0.15) is 0 Å². The highest BCUT2D eigenvalue weighted by Gasteiger charge is 2.27. The van der Waals surface area contributed by atoms with Crippen molar-refractivity contribution in [1.29, 1.82) is 0 Å². The van der Waals surface area contributed by atoms with E-state index >= 15 is 0 Å². The molecule has 0 aromatic carbocycles. The molecule has 2 unspecified atom stereocenters. The fourth-order valence-electron chi connectivity index (χ4n) is 2.28. The third kappa shape index (κ3) is 2.42. The zero-order chi connectivity index (χ0) is 9.10. The van der Waals surface area contributed by atoms with Crippen LogP contribution in [0.3, 0.4) is 0 Å². The molecule has 2 heterocycles. The largest absolute Gasteiger partial charge is 0.379 e. The lowest BCUT2D eigenvalue weighted by atomic mass is 10.0. The van der Waals surface area contributed by atoms with E-state index in [1.165, 1.54) is 32.4 Å². The molecule has 2 rings (SSSR count). The molecule has 76 valence electrons. The Morgan fingerprint density at radius 1 is 1.15 bits per heavy atom. The second kappa shape index (κ2) is 4.40. The molecule has 0 aromatic rings. The highest BCUT2D eigenvalue weighted by atomic mass is 16.5. The van der Waals surface area contributed by atoms with Crippen LogP contribution in [0.15, 0.2) is 0 Å². The van der Waals surface area contributed by atoms with Crippen molar-refractivity contribution in [2.75, 3.05) is 32.8 Å². The number of rotatable bonds is 2. The molecule has 3 heteroatoms. The van der Waals surface area contributed by atoms with Gasteiger partial charge in [-0.3, -0.25) is 0 Å². The van der Waals surface area contributed by atoms with E-state index in [4.69, 9.17) is 10.5 Å². The van der Waals surface area contributed by atoms with Gasteiger partial charge in [0, 0.05) is 18.5 Å². The molecule has 2 aliphatic heterocycles. The fraction of sp³-hybridized carbons (Fsp3) is 1.00. The number of hydrogen-bond acceptors (Lipinski definition) is 3. The summed E-state index contributed by atoms with van der Waals surface area (Å²) in [4.78, 5) is 2.54. The molecule has 0 radical (unpaired) electrons. The van der Waals surface area contributed by atoms with Crippen LogP contribution in [0.25, 0.3) is 0 Å². The van der Waals surface area contributed by atoms with E-state index < -0.39 is 0 Å². The summed E-state index contributed by atoms with van der Waals surface area (Å²) in [6.07, 6.45) is 4.13. The summed E-state index contributed by atoms with van der Waals surface area (Å²) in [6, 6.07) is 0.280. The van der Waals surface area contributed by atoms with Gasteiger partial charge >= 0.3 is 0 Å². The summed E-state index contributed by atoms with van der Waals surface area (Å²) in [7, 11) is 0. The van der Waals surface area contributed by atoms with Gasteiger partial charge in [-0.1, -0.05) is 6.42 Å². The lowest BCUT2D eigenvalue weighted by molar-refractivity contribution is 0.157. The normalized spacial score (nSPS) is 36.7. The highest BCUT2D eigenvalue weighted by molar-refractivity contribution is 4.81. The van der Waals surface area contributed by atoms with E-state index in [1.54, 1.807) is 0 Å². The van der Waals surface area contributed by atoms with Gasteiger partial charge < -0.3 is 15.4 Å². The van der Waals surface area contributed by atoms with E-state index in [9.17, 15) is 0 Å². The van der Waals surface area contributed by atoms with Gasteiger partial charge in [-0.05, 0) is 25.9 Å². The Balaban J connectivity index is 1.75. The lowest BCUT2D eigenvalue weighted by Crippen LogP contribution is -2.40. The highest BCUT2D eigenvalue weighted by Crippen LogP contribution is 2.16. The Hall–Kier alpha value is -0.120. The molecular weight excluding hydrogens is 164 g/mol. The van der Waals surface area contributed by atoms with Crippen molar-refractivity contribution in [2.45, 2.75) is 25.3 Å². The Bertz CT molecular complexity index is 157. The number of nitrogens with zero attached hydrogens (tertiary/aromatic N) is 1. The van der Waals surface area contributed by atoms with E-state index in [2.05, 4.69) is 4.90 Å². The zero-order valence-electron chi connectivity index (χ0n) is 8.24. The smallest absolute Gasteiger partial charge is 0.0621 e. The van der Waals surface area contributed by atoms with E-state index in [0.29, 0.717) is 5.92 Å². The number of nitrogens with two attached hydrogens (primary N) is 1. The zero-order valence-corrected chi connectivity index (χ0v) is 8.24. The van der Waals surface area contributed by atoms with Crippen LogP contribution in [-0.2, 0) is 4.74 Å². The van der Waals surface area contributed by atoms with E-state index in [-0.39, 0.29) is 6.04 Å². The third-order valence-corrected chi connectivity index (χ3v) is 3.19. The van der Waals surface area contributed by atoms with E-state index in [1.807, 2.05) is 0 Å². The first-order valence-corrected chi connectivity index (χ1v) is 5.42. The van der Waals surface area contributed by atoms with Gasteiger partial charge in [0.1, 0.15) is 0 Å². The van der Waals surface area contributed by atoms with Crippen molar-refractivity contribution >= 4 is 0 Å². The Morgan fingerprint density at radius 2 is 1.92 bits per heavy atom. The standard InChI is InChI=1S/C10H20N2O/c11-10-8-13-7-9(10)6-12-4-2-1-3-5-12/h9-10H,1-8,11H2. The molecule has 0 bridgehead atoms. The van der Waals surface area contributed by atoms with Crippen LogP contribution < -0.4 is 5.73 Å². The van der Waals surface area contributed by atoms with Gasteiger partial charge in [0.2, 0.25) is 0 Å². The van der Waals surface area contributed by atoms with Gasteiger partial charge in [0.15, 0.2) is 0 Å². The van der Waals surface area contributed by atoms with Crippen LogP contribution >= 0.6 is 0 Å². The van der Waals surface area contributed by atoms with Gasteiger partial charge in [-0.25, -0.2) is 0 Å². The Morgan fingerprint density at radius 3 is 2.54 bits per heavy atom. The summed E-state index contributed by atoms with van der Waals surface area (Å²) in [5.74, 6) is 0.582. The minimum Gasteiger partial charge on any atom is -0.379 e. The average molecular weight is 184 g/mol. The molecule has 2 N–H and O–H groups in total. The van der Waals surface area contributed by atoms with Crippen molar-refractivity contribution in [3.05, 3.63) is 0 Å². The van der Waals surface area contributed by atoms with E-state index in [0.717, 1.165) is 19.8 Å². The Labute approximate surface area is 80.2 Å². The van der Waals surface area contributed by atoms with Crippen LogP contribution in [0.1, 0.15) is 19.3 Å².